The van der Waals surface area contributed by atoms with Crippen LogP contribution in [-0.4, -0.2) is 24.5 Å². The predicted molar refractivity (Wildman–Crippen MR) is 87.8 cm³/mol. The summed E-state index contributed by atoms with van der Waals surface area (Å²) < 4.78 is 1.99. The lowest BCUT2D eigenvalue weighted by molar-refractivity contribution is 1.06. The molecule has 0 aliphatic carbocycles. The van der Waals surface area contributed by atoms with Crippen molar-refractivity contribution < 1.29 is 0 Å². The van der Waals surface area contributed by atoms with Crippen LogP contribution in [0.1, 0.15) is 0 Å². The van der Waals surface area contributed by atoms with Crippen molar-refractivity contribution in [3.05, 3.63) is 79.9 Å². The Labute approximate surface area is 133 Å². The van der Waals surface area contributed by atoms with Gasteiger partial charge in [-0.15, -0.1) is 0 Å². The zero-order valence-electron chi connectivity index (χ0n) is 12.2. The number of rotatable bonds is 3. The average Bonchev–Trinajstić information content (AvgIpc) is 3.18. The van der Waals surface area contributed by atoms with E-state index < -0.39 is 0 Å². The number of hydrogen-bond acceptors (Lipinski definition) is 4. The normalized spacial score (nSPS) is 10.6. The van der Waals surface area contributed by atoms with Crippen molar-refractivity contribution in [2.45, 2.75) is 0 Å². The first kappa shape index (κ1) is 13.3. The van der Waals surface area contributed by atoms with Crippen molar-refractivity contribution in [2.24, 2.45) is 0 Å². The van der Waals surface area contributed by atoms with Gasteiger partial charge in [-0.1, -0.05) is 36.4 Å². The molecule has 0 unspecified atom stereocenters. The summed E-state index contributed by atoms with van der Waals surface area (Å²) in [6.45, 7) is 0. The van der Waals surface area contributed by atoms with Crippen molar-refractivity contribution in [3.8, 4) is 28.2 Å². The van der Waals surface area contributed by atoms with Crippen LogP contribution in [-0.2, 0) is 0 Å². The quantitative estimate of drug-likeness (QED) is 0.582. The summed E-state index contributed by atoms with van der Waals surface area (Å²) in [4.78, 5) is 16.3. The van der Waals surface area contributed by atoms with Gasteiger partial charge in [0.25, 0.3) is 0 Å². The van der Waals surface area contributed by atoms with Gasteiger partial charge in [-0.25, -0.2) is 19.9 Å². The van der Waals surface area contributed by atoms with Crippen molar-refractivity contribution in [1.82, 2.24) is 24.5 Å². The molecule has 0 amide bonds. The molecule has 0 aliphatic rings. The minimum Gasteiger partial charge on any atom is -0.306 e. The van der Waals surface area contributed by atoms with Gasteiger partial charge in [0.1, 0.15) is 12.7 Å². The van der Waals surface area contributed by atoms with Gasteiger partial charge in [0.2, 0.25) is 0 Å². The molecule has 0 spiro atoms. The highest BCUT2D eigenvalue weighted by Crippen LogP contribution is 2.24. The summed E-state index contributed by atoms with van der Waals surface area (Å²) in [5.74, 6) is 0.679. The predicted octanol–water partition coefficient (Wildman–Crippen LogP) is 3.39. The smallest absolute Gasteiger partial charge is 0.162 e. The zero-order chi connectivity index (χ0) is 15.5. The monoisotopic (exact) mass is 299 g/mol. The van der Waals surface area contributed by atoms with Crippen LogP contribution in [0, 0.1) is 0 Å². The molecular formula is C18H13N5. The molecule has 4 aromatic rings. The maximum atomic E-state index is 4.17. The Bertz CT molecular complexity index is 900. The number of hydrogen-bond donors (Lipinski definition) is 0. The Morgan fingerprint density at radius 2 is 1.52 bits per heavy atom. The van der Waals surface area contributed by atoms with E-state index in [1.54, 1.807) is 12.5 Å². The topological polar surface area (TPSA) is 56.5 Å². The van der Waals surface area contributed by atoms with Crippen molar-refractivity contribution >= 4 is 0 Å². The van der Waals surface area contributed by atoms with E-state index in [0.717, 1.165) is 22.4 Å². The minimum absolute atomic E-state index is 0.679. The molecule has 2 heterocycles. The third-order valence-corrected chi connectivity index (χ3v) is 3.62. The third-order valence-electron chi connectivity index (χ3n) is 3.62. The number of nitrogens with zero attached hydrogens (tertiary/aromatic N) is 5. The minimum atomic E-state index is 0.679. The van der Waals surface area contributed by atoms with Crippen molar-refractivity contribution in [2.75, 3.05) is 0 Å². The molecule has 0 saturated carbocycles. The van der Waals surface area contributed by atoms with E-state index in [9.17, 15) is 0 Å². The summed E-state index contributed by atoms with van der Waals surface area (Å²) >= 11 is 0. The molecule has 0 aliphatic heterocycles. The van der Waals surface area contributed by atoms with Crippen LogP contribution in [0.25, 0.3) is 28.2 Å². The van der Waals surface area contributed by atoms with Gasteiger partial charge in [-0.2, -0.15) is 0 Å². The SMILES string of the molecule is c1cc(-c2ccc(-c3ncncn3)cc2)cc(-n2ccnc2)c1. The Balaban J connectivity index is 1.68. The lowest BCUT2D eigenvalue weighted by Crippen LogP contribution is -1.91. The van der Waals surface area contributed by atoms with Gasteiger partial charge in [0.05, 0.1) is 6.33 Å². The fourth-order valence-corrected chi connectivity index (χ4v) is 2.46. The average molecular weight is 299 g/mol. The maximum Gasteiger partial charge on any atom is 0.162 e. The Morgan fingerprint density at radius 3 is 2.26 bits per heavy atom. The second-order valence-electron chi connectivity index (χ2n) is 5.06. The second-order valence-corrected chi connectivity index (χ2v) is 5.06. The fourth-order valence-electron chi connectivity index (χ4n) is 2.46. The van der Waals surface area contributed by atoms with Gasteiger partial charge in [-0.05, 0) is 23.3 Å². The molecule has 2 aromatic carbocycles. The lowest BCUT2D eigenvalue weighted by Gasteiger charge is -2.07. The van der Waals surface area contributed by atoms with Crippen molar-refractivity contribution in [1.29, 1.82) is 0 Å². The molecule has 0 atom stereocenters. The van der Waals surface area contributed by atoms with Crippen LogP contribution < -0.4 is 0 Å². The van der Waals surface area contributed by atoms with Crippen molar-refractivity contribution in [3.63, 3.8) is 0 Å². The van der Waals surface area contributed by atoms with E-state index in [0.29, 0.717) is 5.82 Å². The van der Waals surface area contributed by atoms with E-state index in [1.807, 2.05) is 29.0 Å². The molecule has 0 radical (unpaired) electrons. The highest BCUT2D eigenvalue weighted by Gasteiger charge is 2.03. The number of benzene rings is 2. The summed E-state index contributed by atoms with van der Waals surface area (Å²) in [7, 11) is 0. The molecule has 2 aromatic heterocycles. The van der Waals surface area contributed by atoms with Crippen LogP contribution in [0.2, 0.25) is 0 Å². The fraction of sp³-hybridized carbons (Fsp3) is 0. The Kier molecular flexibility index (Phi) is 3.37. The summed E-state index contributed by atoms with van der Waals surface area (Å²) in [5, 5.41) is 0. The number of imidazole rings is 1. The maximum absolute atomic E-state index is 4.17. The summed E-state index contributed by atoms with van der Waals surface area (Å²) in [5.41, 5.74) is 4.35. The van der Waals surface area contributed by atoms with Gasteiger partial charge < -0.3 is 4.57 Å². The van der Waals surface area contributed by atoms with Gasteiger partial charge in [0.15, 0.2) is 5.82 Å². The molecule has 5 heteroatoms. The Morgan fingerprint density at radius 1 is 0.739 bits per heavy atom. The highest BCUT2D eigenvalue weighted by molar-refractivity contribution is 5.69. The van der Waals surface area contributed by atoms with E-state index in [2.05, 4.69) is 50.3 Å². The van der Waals surface area contributed by atoms with Gasteiger partial charge in [0, 0.05) is 23.6 Å². The molecule has 110 valence electrons. The molecule has 0 saturated heterocycles. The van der Waals surface area contributed by atoms with Gasteiger partial charge in [-0.3, -0.25) is 0 Å². The first-order chi connectivity index (χ1) is 11.4. The highest BCUT2D eigenvalue weighted by atomic mass is 15.0. The number of aromatic nitrogens is 5. The van der Waals surface area contributed by atoms with Crippen LogP contribution in [0.15, 0.2) is 79.9 Å². The molecule has 0 N–H and O–H groups in total. The zero-order valence-corrected chi connectivity index (χ0v) is 12.2. The Hall–Kier alpha value is -3.34. The van der Waals surface area contributed by atoms with E-state index >= 15 is 0 Å². The lowest BCUT2D eigenvalue weighted by atomic mass is 10.0. The van der Waals surface area contributed by atoms with Crippen LogP contribution in [0.5, 0.6) is 0 Å². The largest absolute Gasteiger partial charge is 0.306 e. The first-order valence-electron chi connectivity index (χ1n) is 7.21. The standard InChI is InChI=1S/C18H13N5/c1-2-16(10-17(3-1)23-9-8-19-13-23)14-4-6-15(7-5-14)18-21-11-20-12-22-18/h1-13H. The molecule has 0 fully saturated rings. The van der Waals surface area contributed by atoms with Crippen LogP contribution in [0.4, 0.5) is 0 Å². The molecular weight excluding hydrogens is 286 g/mol. The van der Waals surface area contributed by atoms with Crippen LogP contribution >= 0.6 is 0 Å². The van der Waals surface area contributed by atoms with Gasteiger partial charge >= 0.3 is 0 Å². The summed E-state index contributed by atoms with van der Waals surface area (Å²) in [6.07, 6.45) is 8.51. The van der Waals surface area contributed by atoms with E-state index in [1.165, 1.54) is 12.7 Å². The molecule has 4 rings (SSSR count). The first-order valence-corrected chi connectivity index (χ1v) is 7.21. The molecule has 0 bridgehead atoms. The van der Waals surface area contributed by atoms with E-state index in [4.69, 9.17) is 0 Å². The molecule has 23 heavy (non-hydrogen) atoms. The molecule has 5 nitrogen and oxygen atoms in total. The summed E-state index contributed by atoms with van der Waals surface area (Å²) in [6, 6.07) is 16.5. The van der Waals surface area contributed by atoms with E-state index in [-0.39, 0.29) is 0 Å². The second kappa shape index (κ2) is 5.81. The third kappa shape index (κ3) is 2.72. The van der Waals surface area contributed by atoms with Crippen LogP contribution in [0.3, 0.4) is 0 Å².